The fourth-order valence-electron chi connectivity index (χ4n) is 1.69. The average Bonchev–Trinajstić information content (AvgIpc) is 2.31. The molecule has 0 aliphatic carbocycles. The van der Waals surface area contributed by atoms with Gasteiger partial charge >= 0.3 is 0 Å². The topological polar surface area (TPSA) is 41.5 Å². The van der Waals surface area contributed by atoms with Gasteiger partial charge in [0.2, 0.25) is 0 Å². The van der Waals surface area contributed by atoms with Crippen LogP contribution >= 0.6 is 11.6 Å². The van der Waals surface area contributed by atoms with E-state index in [1.54, 1.807) is 26.2 Å². The Morgan fingerprint density at radius 2 is 2.22 bits per heavy atom. The van der Waals surface area contributed by atoms with Crippen molar-refractivity contribution in [2.75, 3.05) is 26.8 Å². The van der Waals surface area contributed by atoms with Gasteiger partial charge in [0.05, 0.1) is 17.2 Å². The summed E-state index contributed by atoms with van der Waals surface area (Å²) in [6.07, 6.45) is 0.208. The predicted octanol–water partition coefficient (Wildman–Crippen LogP) is 2.01. The van der Waals surface area contributed by atoms with Gasteiger partial charge in [-0.25, -0.2) is 4.39 Å². The van der Waals surface area contributed by atoms with Gasteiger partial charge in [-0.2, -0.15) is 0 Å². The summed E-state index contributed by atoms with van der Waals surface area (Å²) in [6, 6.07) is 4.80. The number of ether oxygens (including phenoxy) is 1. The van der Waals surface area contributed by atoms with Crippen molar-refractivity contribution in [1.29, 1.82) is 0 Å². The van der Waals surface area contributed by atoms with Crippen molar-refractivity contribution in [3.05, 3.63) is 34.6 Å². The van der Waals surface area contributed by atoms with Crippen LogP contribution in [0.25, 0.3) is 0 Å². The van der Waals surface area contributed by atoms with E-state index in [-0.39, 0.29) is 11.4 Å². The Hall–Kier alpha value is -0.680. The molecule has 5 heteroatoms. The summed E-state index contributed by atoms with van der Waals surface area (Å²) < 4.78 is 18.6. The molecule has 102 valence electrons. The smallest absolute Gasteiger partial charge is 0.145 e. The fourth-order valence-corrected chi connectivity index (χ4v) is 1.88. The van der Waals surface area contributed by atoms with E-state index in [0.29, 0.717) is 25.3 Å². The van der Waals surface area contributed by atoms with Crippen LogP contribution in [-0.4, -0.2) is 37.5 Å². The Labute approximate surface area is 112 Å². The van der Waals surface area contributed by atoms with Crippen molar-refractivity contribution in [2.45, 2.75) is 18.9 Å². The molecule has 0 radical (unpaired) electrons. The maximum atomic E-state index is 13.7. The number of halogens is 2. The van der Waals surface area contributed by atoms with E-state index in [9.17, 15) is 9.50 Å². The van der Waals surface area contributed by atoms with Crippen LogP contribution in [0, 0.1) is 5.82 Å². The first-order valence-corrected chi connectivity index (χ1v) is 6.19. The van der Waals surface area contributed by atoms with Crippen molar-refractivity contribution in [3.63, 3.8) is 0 Å². The van der Waals surface area contributed by atoms with Crippen molar-refractivity contribution in [3.8, 4) is 0 Å². The van der Waals surface area contributed by atoms with Gasteiger partial charge in [-0.05, 0) is 18.6 Å². The Morgan fingerprint density at radius 1 is 1.50 bits per heavy atom. The van der Waals surface area contributed by atoms with Crippen molar-refractivity contribution < 1.29 is 14.2 Å². The third-order valence-corrected chi connectivity index (χ3v) is 2.88. The van der Waals surface area contributed by atoms with Crippen molar-refractivity contribution in [1.82, 2.24) is 5.32 Å². The third kappa shape index (κ3) is 4.90. The molecule has 0 bridgehead atoms. The van der Waals surface area contributed by atoms with Crippen LogP contribution < -0.4 is 5.32 Å². The zero-order valence-electron chi connectivity index (χ0n) is 10.7. The van der Waals surface area contributed by atoms with Crippen LogP contribution in [0.4, 0.5) is 4.39 Å². The summed E-state index contributed by atoms with van der Waals surface area (Å²) in [7, 11) is 1.61. The molecule has 1 rings (SSSR count). The predicted molar refractivity (Wildman–Crippen MR) is 70.5 cm³/mol. The molecule has 0 aliphatic rings. The van der Waals surface area contributed by atoms with Crippen molar-refractivity contribution in [2.24, 2.45) is 0 Å². The fraction of sp³-hybridized carbons (Fsp3) is 0.538. The molecule has 1 atom stereocenters. The largest absolute Gasteiger partial charge is 0.389 e. The van der Waals surface area contributed by atoms with Crippen LogP contribution in [-0.2, 0) is 11.2 Å². The van der Waals surface area contributed by atoms with E-state index in [1.807, 2.05) is 0 Å². The minimum absolute atomic E-state index is 0.0793. The maximum absolute atomic E-state index is 13.7. The highest BCUT2D eigenvalue weighted by Crippen LogP contribution is 2.21. The molecule has 0 heterocycles. The summed E-state index contributed by atoms with van der Waals surface area (Å²) in [4.78, 5) is 0. The molecule has 1 unspecified atom stereocenters. The maximum Gasteiger partial charge on any atom is 0.145 e. The minimum atomic E-state index is -1.03. The van der Waals surface area contributed by atoms with Gasteiger partial charge < -0.3 is 15.2 Å². The SMILES string of the molecule is COCCNCC(C)(O)Cc1cccc(Cl)c1F. The summed E-state index contributed by atoms with van der Waals surface area (Å²) in [5.41, 5.74) is -0.611. The Balaban J connectivity index is 2.56. The molecule has 3 nitrogen and oxygen atoms in total. The van der Waals surface area contributed by atoms with Gasteiger partial charge in [0.15, 0.2) is 0 Å². The molecule has 0 spiro atoms. The average molecular weight is 276 g/mol. The molecule has 2 N–H and O–H groups in total. The molecule has 0 saturated carbocycles. The molecule has 0 aromatic heterocycles. The van der Waals surface area contributed by atoms with E-state index in [1.165, 1.54) is 6.07 Å². The molecule has 0 aliphatic heterocycles. The number of rotatable bonds is 7. The molecule has 0 saturated heterocycles. The zero-order valence-corrected chi connectivity index (χ0v) is 11.4. The Kier molecular flexibility index (Phi) is 6.02. The number of hydrogen-bond donors (Lipinski definition) is 2. The number of benzene rings is 1. The van der Waals surface area contributed by atoms with Crippen LogP contribution in [0.1, 0.15) is 12.5 Å². The highest BCUT2D eigenvalue weighted by molar-refractivity contribution is 6.30. The second-order valence-corrected chi connectivity index (χ2v) is 4.96. The van der Waals surface area contributed by atoms with Crippen LogP contribution in [0.3, 0.4) is 0 Å². The lowest BCUT2D eigenvalue weighted by Gasteiger charge is -2.24. The van der Waals surface area contributed by atoms with Crippen molar-refractivity contribution >= 4 is 11.6 Å². The normalized spacial score (nSPS) is 14.5. The van der Waals surface area contributed by atoms with E-state index < -0.39 is 11.4 Å². The van der Waals surface area contributed by atoms with Gasteiger partial charge in [-0.3, -0.25) is 0 Å². The highest BCUT2D eigenvalue weighted by Gasteiger charge is 2.22. The lowest BCUT2D eigenvalue weighted by atomic mass is 9.96. The zero-order chi connectivity index (χ0) is 13.6. The lowest BCUT2D eigenvalue weighted by molar-refractivity contribution is 0.0573. The molecule has 0 fully saturated rings. The number of methoxy groups -OCH3 is 1. The minimum Gasteiger partial charge on any atom is -0.389 e. The standard InChI is InChI=1S/C13H19ClFNO2/c1-13(17,9-16-6-7-18-2)8-10-4-3-5-11(14)12(10)15/h3-5,16-17H,6-9H2,1-2H3. The van der Waals surface area contributed by atoms with Crippen LogP contribution in [0.5, 0.6) is 0 Å². The third-order valence-electron chi connectivity index (χ3n) is 2.59. The molecule has 1 aromatic rings. The quantitative estimate of drug-likeness (QED) is 0.748. The van der Waals surface area contributed by atoms with E-state index in [2.05, 4.69) is 5.32 Å². The second-order valence-electron chi connectivity index (χ2n) is 4.56. The summed E-state index contributed by atoms with van der Waals surface area (Å²) in [5, 5.41) is 13.3. The van der Waals surface area contributed by atoms with Gasteiger partial charge in [0, 0.05) is 26.6 Å². The first-order valence-electron chi connectivity index (χ1n) is 5.81. The Bertz CT molecular complexity index is 385. The first-order chi connectivity index (χ1) is 8.46. The molecule has 18 heavy (non-hydrogen) atoms. The molecule has 0 amide bonds. The number of hydrogen-bond acceptors (Lipinski definition) is 3. The first kappa shape index (κ1) is 15.4. The van der Waals surface area contributed by atoms with Gasteiger partial charge in [0.1, 0.15) is 5.82 Å². The van der Waals surface area contributed by atoms with Gasteiger partial charge in [-0.1, -0.05) is 23.7 Å². The number of nitrogens with one attached hydrogen (secondary N) is 1. The molecular weight excluding hydrogens is 257 g/mol. The Morgan fingerprint density at radius 3 is 2.89 bits per heavy atom. The monoisotopic (exact) mass is 275 g/mol. The van der Waals surface area contributed by atoms with E-state index in [4.69, 9.17) is 16.3 Å². The van der Waals surface area contributed by atoms with E-state index >= 15 is 0 Å². The van der Waals surface area contributed by atoms with Crippen LogP contribution in [0.2, 0.25) is 5.02 Å². The summed E-state index contributed by atoms with van der Waals surface area (Å²) >= 11 is 5.70. The molecule has 1 aromatic carbocycles. The van der Waals surface area contributed by atoms with Gasteiger partial charge in [0.25, 0.3) is 0 Å². The highest BCUT2D eigenvalue weighted by atomic mass is 35.5. The van der Waals surface area contributed by atoms with Gasteiger partial charge in [-0.15, -0.1) is 0 Å². The molecular formula is C13H19ClFNO2. The van der Waals surface area contributed by atoms with Crippen LogP contribution in [0.15, 0.2) is 18.2 Å². The summed E-state index contributed by atoms with van der Waals surface area (Å²) in [5.74, 6) is -0.462. The number of aliphatic hydroxyl groups is 1. The second kappa shape index (κ2) is 7.04. The lowest BCUT2D eigenvalue weighted by Crippen LogP contribution is -2.41. The van der Waals surface area contributed by atoms with E-state index in [0.717, 1.165) is 0 Å². The summed E-state index contributed by atoms with van der Waals surface area (Å²) in [6.45, 7) is 3.24.